The SMILES string of the molecule is O=C(c1cc(Cl)nnc1Cl)N1CCCS(=O)(=O)CC1. The molecule has 0 bridgehead atoms. The van der Waals surface area contributed by atoms with Crippen LogP contribution in [-0.2, 0) is 9.84 Å². The molecular weight excluding hydrogens is 313 g/mol. The summed E-state index contributed by atoms with van der Waals surface area (Å²) in [6, 6.07) is 1.33. The van der Waals surface area contributed by atoms with E-state index in [1.54, 1.807) is 0 Å². The van der Waals surface area contributed by atoms with Crippen LogP contribution in [0.3, 0.4) is 0 Å². The number of halogens is 2. The van der Waals surface area contributed by atoms with Crippen LogP contribution in [0.5, 0.6) is 0 Å². The zero-order valence-corrected chi connectivity index (χ0v) is 12.2. The molecule has 9 heteroatoms. The number of rotatable bonds is 1. The molecule has 2 rings (SSSR count). The molecule has 0 unspecified atom stereocenters. The summed E-state index contributed by atoms with van der Waals surface area (Å²) in [6.45, 7) is 0.520. The van der Waals surface area contributed by atoms with E-state index in [9.17, 15) is 13.2 Å². The van der Waals surface area contributed by atoms with Crippen LogP contribution in [0.2, 0.25) is 10.3 Å². The molecule has 1 aromatic rings. The average Bonchev–Trinajstić information content (AvgIpc) is 2.52. The van der Waals surface area contributed by atoms with Gasteiger partial charge >= 0.3 is 0 Å². The molecule has 0 aliphatic carbocycles. The van der Waals surface area contributed by atoms with E-state index >= 15 is 0 Å². The molecule has 0 N–H and O–H groups in total. The molecule has 1 aliphatic heterocycles. The van der Waals surface area contributed by atoms with Gasteiger partial charge in [-0.2, -0.15) is 0 Å². The average molecular weight is 324 g/mol. The van der Waals surface area contributed by atoms with Crippen LogP contribution in [0.1, 0.15) is 16.8 Å². The number of sulfone groups is 1. The second-order valence-electron chi connectivity index (χ2n) is 4.17. The standard InChI is InChI=1S/C10H11Cl2N3O3S/c11-8-6-7(9(12)14-13-8)10(16)15-2-1-4-19(17,18)5-3-15/h6H,1-5H2. The Labute approximate surface area is 120 Å². The van der Waals surface area contributed by atoms with Crippen molar-refractivity contribution < 1.29 is 13.2 Å². The van der Waals surface area contributed by atoms with Crippen molar-refractivity contribution >= 4 is 38.9 Å². The third-order valence-electron chi connectivity index (χ3n) is 2.79. The van der Waals surface area contributed by atoms with Crippen molar-refractivity contribution in [2.75, 3.05) is 24.6 Å². The molecule has 0 spiro atoms. The summed E-state index contributed by atoms with van der Waals surface area (Å²) >= 11 is 11.5. The van der Waals surface area contributed by atoms with Crippen LogP contribution in [0.4, 0.5) is 0 Å². The lowest BCUT2D eigenvalue weighted by Gasteiger charge is -2.19. The first-order chi connectivity index (χ1) is 8.89. The fraction of sp³-hybridized carbons (Fsp3) is 0.500. The van der Waals surface area contributed by atoms with Crippen molar-refractivity contribution in [3.05, 3.63) is 21.9 Å². The van der Waals surface area contributed by atoms with Gasteiger partial charge in [0, 0.05) is 13.1 Å². The van der Waals surface area contributed by atoms with Gasteiger partial charge in [-0.1, -0.05) is 23.2 Å². The Morgan fingerprint density at radius 3 is 2.68 bits per heavy atom. The van der Waals surface area contributed by atoms with Gasteiger partial charge in [-0.25, -0.2) is 8.42 Å². The maximum absolute atomic E-state index is 12.3. The number of amides is 1. The normalized spacial score (nSPS) is 18.9. The van der Waals surface area contributed by atoms with Gasteiger partial charge in [0.15, 0.2) is 20.1 Å². The Balaban J connectivity index is 2.22. The van der Waals surface area contributed by atoms with E-state index < -0.39 is 9.84 Å². The summed E-state index contributed by atoms with van der Waals surface area (Å²) in [6.07, 6.45) is 0.415. The van der Waals surface area contributed by atoms with Gasteiger partial charge in [-0.3, -0.25) is 4.79 Å². The molecule has 1 fully saturated rings. The van der Waals surface area contributed by atoms with Crippen LogP contribution in [-0.4, -0.2) is 54.0 Å². The fourth-order valence-corrected chi connectivity index (χ4v) is 3.41. The van der Waals surface area contributed by atoms with E-state index in [2.05, 4.69) is 10.2 Å². The number of carbonyl (C=O) groups is 1. The molecule has 19 heavy (non-hydrogen) atoms. The van der Waals surface area contributed by atoms with Crippen LogP contribution in [0.25, 0.3) is 0 Å². The second kappa shape index (κ2) is 5.60. The van der Waals surface area contributed by atoms with Gasteiger partial charge < -0.3 is 4.90 Å². The molecule has 0 radical (unpaired) electrons. The zero-order valence-electron chi connectivity index (χ0n) is 9.84. The highest BCUT2D eigenvalue weighted by atomic mass is 35.5. The minimum atomic E-state index is -3.07. The smallest absolute Gasteiger partial charge is 0.257 e. The number of nitrogens with zero attached hydrogens (tertiary/aromatic N) is 3. The maximum atomic E-state index is 12.3. The molecule has 1 aliphatic rings. The molecule has 0 saturated carbocycles. The van der Waals surface area contributed by atoms with Crippen LogP contribution in [0, 0.1) is 0 Å². The third-order valence-corrected chi connectivity index (χ3v) is 4.97. The first kappa shape index (κ1) is 14.5. The fourth-order valence-electron chi connectivity index (χ4n) is 1.81. The van der Waals surface area contributed by atoms with Gasteiger partial charge in [0.05, 0.1) is 17.1 Å². The van der Waals surface area contributed by atoms with E-state index in [-0.39, 0.29) is 39.8 Å². The van der Waals surface area contributed by atoms with Crippen LogP contribution >= 0.6 is 23.2 Å². The predicted octanol–water partition coefficient (Wildman–Crippen LogP) is 1.04. The largest absolute Gasteiger partial charge is 0.337 e. The molecule has 6 nitrogen and oxygen atoms in total. The molecule has 0 aromatic carbocycles. The highest BCUT2D eigenvalue weighted by molar-refractivity contribution is 7.91. The van der Waals surface area contributed by atoms with Gasteiger partial charge in [0.2, 0.25) is 0 Å². The van der Waals surface area contributed by atoms with Gasteiger partial charge in [-0.05, 0) is 12.5 Å². The van der Waals surface area contributed by atoms with Gasteiger partial charge in [-0.15, -0.1) is 10.2 Å². The quantitative estimate of drug-likeness (QED) is 0.771. The van der Waals surface area contributed by atoms with Crippen molar-refractivity contribution in [2.45, 2.75) is 6.42 Å². The van der Waals surface area contributed by atoms with Gasteiger partial charge in [0.25, 0.3) is 5.91 Å². The number of hydrogen-bond donors (Lipinski definition) is 0. The lowest BCUT2D eigenvalue weighted by Crippen LogP contribution is -2.34. The van der Waals surface area contributed by atoms with E-state index in [4.69, 9.17) is 23.2 Å². The number of aromatic nitrogens is 2. The second-order valence-corrected chi connectivity index (χ2v) is 7.22. The first-order valence-electron chi connectivity index (χ1n) is 5.57. The highest BCUT2D eigenvalue weighted by Crippen LogP contribution is 2.18. The van der Waals surface area contributed by atoms with E-state index in [0.717, 1.165) is 0 Å². The Morgan fingerprint density at radius 1 is 1.21 bits per heavy atom. The van der Waals surface area contributed by atoms with E-state index in [1.807, 2.05) is 0 Å². The molecule has 2 heterocycles. The first-order valence-corrected chi connectivity index (χ1v) is 8.15. The van der Waals surface area contributed by atoms with Crippen molar-refractivity contribution in [3.63, 3.8) is 0 Å². The van der Waals surface area contributed by atoms with Gasteiger partial charge in [0.1, 0.15) is 0 Å². The molecule has 1 aromatic heterocycles. The Bertz CT molecular complexity index is 606. The topological polar surface area (TPSA) is 80.2 Å². The van der Waals surface area contributed by atoms with Crippen LogP contribution in [0.15, 0.2) is 6.07 Å². The number of hydrogen-bond acceptors (Lipinski definition) is 5. The highest BCUT2D eigenvalue weighted by Gasteiger charge is 2.25. The lowest BCUT2D eigenvalue weighted by atomic mass is 10.2. The van der Waals surface area contributed by atoms with E-state index in [0.29, 0.717) is 13.0 Å². The van der Waals surface area contributed by atoms with Crippen LogP contribution < -0.4 is 0 Å². The molecule has 104 valence electrons. The van der Waals surface area contributed by atoms with Crippen molar-refractivity contribution in [3.8, 4) is 0 Å². The summed E-state index contributed by atoms with van der Waals surface area (Å²) in [5.74, 6) is -0.318. The molecule has 1 saturated heterocycles. The summed E-state index contributed by atoms with van der Waals surface area (Å²) in [5, 5.41) is 7.11. The zero-order chi connectivity index (χ0) is 14.0. The Hall–Kier alpha value is -0.920. The third kappa shape index (κ3) is 3.55. The lowest BCUT2D eigenvalue weighted by molar-refractivity contribution is 0.0768. The molecular formula is C10H11Cl2N3O3S. The Morgan fingerprint density at radius 2 is 1.95 bits per heavy atom. The minimum Gasteiger partial charge on any atom is -0.337 e. The van der Waals surface area contributed by atoms with E-state index in [1.165, 1.54) is 11.0 Å². The predicted molar refractivity (Wildman–Crippen MR) is 71.2 cm³/mol. The summed E-state index contributed by atoms with van der Waals surface area (Å²) in [5.41, 5.74) is 0.140. The monoisotopic (exact) mass is 323 g/mol. The number of carbonyl (C=O) groups excluding carboxylic acids is 1. The minimum absolute atomic E-state index is 0.0391. The van der Waals surface area contributed by atoms with Crippen molar-refractivity contribution in [2.24, 2.45) is 0 Å². The summed E-state index contributed by atoms with van der Waals surface area (Å²) in [7, 11) is -3.07. The van der Waals surface area contributed by atoms with Crippen molar-refractivity contribution in [1.82, 2.24) is 15.1 Å². The summed E-state index contributed by atoms with van der Waals surface area (Å²) < 4.78 is 23.0. The molecule has 1 amide bonds. The Kier molecular flexibility index (Phi) is 4.27. The molecule has 0 atom stereocenters. The van der Waals surface area contributed by atoms with Crippen molar-refractivity contribution in [1.29, 1.82) is 0 Å². The summed E-state index contributed by atoms with van der Waals surface area (Å²) in [4.78, 5) is 13.7. The maximum Gasteiger partial charge on any atom is 0.257 e.